The van der Waals surface area contributed by atoms with Crippen LogP contribution in [0.15, 0.2) is 21.5 Å². The maximum Gasteiger partial charge on any atom is 0.273 e. The molecule has 2 rings (SSSR count). The van der Waals surface area contributed by atoms with E-state index in [2.05, 4.69) is 35.9 Å². The van der Waals surface area contributed by atoms with Crippen molar-refractivity contribution >= 4 is 44.2 Å². The second-order valence-corrected chi connectivity index (χ2v) is 5.10. The normalized spacial score (nSPS) is 10.3. The fraction of sp³-hybridized carbons (Fsp3) is 0.100. The van der Waals surface area contributed by atoms with Crippen LogP contribution in [0.25, 0.3) is 0 Å². The lowest BCUT2D eigenvalue weighted by Crippen LogP contribution is -2.24. The number of hydrogen-bond donors (Lipinski definition) is 3. The minimum atomic E-state index is -0.525. The highest BCUT2D eigenvalue weighted by Gasteiger charge is 2.18. The van der Waals surface area contributed by atoms with Gasteiger partial charge in [-0.1, -0.05) is 0 Å². The van der Waals surface area contributed by atoms with E-state index in [9.17, 15) is 14.0 Å². The molecule has 6 nitrogen and oxygen atoms in total. The number of aromatic amines is 1. The lowest BCUT2D eigenvalue weighted by molar-refractivity contribution is 0.0963. The molecule has 0 unspecified atom stereocenters. The van der Waals surface area contributed by atoms with Crippen LogP contribution in [-0.2, 0) is 0 Å². The van der Waals surface area contributed by atoms with Gasteiger partial charge < -0.3 is 10.6 Å². The van der Waals surface area contributed by atoms with Crippen LogP contribution in [0.2, 0.25) is 0 Å². The number of rotatable bonds is 3. The lowest BCUT2D eigenvalue weighted by Gasteiger charge is -2.05. The Balaban J connectivity index is 2.36. The molecule has 0 aliphatic rings. The predicted octanol–water partition coefficient (Wildman–Crippen LogP) is 1.84. The molecule has 0 radical (unpaired) electrons. The Labute approximate surface area is 119 Å². The third-order valence-corrected chi connectivity index (χ3v) is 3.59. The number of nitrogens with one attached hydrogen (secondary N) is 3. The Hall–Kier alpha value is -1.74. The zero-order chi connectivity index (χ0) is 14.0. The number of carbonyl (C=O) groups excluding carboxylic acids is 1. The van der Waals surface area contributed by atoms with Gasteiger partial charge in [0.1, 0.15) is 22.2 Å². The molecular weight excluding hydrogens is 339 g/mol. The number of halogens is 2. The molecule has 0 saturated carbocycles. The maximum absolute atomic E-state index is 13.3. The summed E-state index contributed by atoms with van der Waals surface area (Å²) in [4.78, 5) is 27.0. The molecule has 19 heavy (non-hydrogen) atoms. The van der Waals surface area contributed by atoms with Crippen LogP contribution in [0.4, 0.5) is 15.2 Å². The molecule has 0 fully saturated rings. The van der Waals surface area contributed by atoms with Gasteiger partial charge in [-0.15, -0.1) is 0 Å². The summed E-state index contributed by atoms with van der Waals surface area (Å²) in [6, 6.07) is 1.15. The summed E-state index contributed by atoms with van der Waals surface area (Å²) in [6.07, 6.45) is 1.28. The SMILES string of the molecule is CNC(=O)c1c(Nc2cc(F)c(Br)cn2)s[nH]c1=O. The Morgan fingerprint density at radius 2 is 2.32 bits per heavy atom. The van der Waals surface area contributed by atoms with E-state index in [4.69, 9.17) is 0 Å². The Morgan fingerprint density at radius 1 is 1.58 bits per heavy atom. The van der Waals surface area contributed by atoms with E-state index in [1.807, 2.05) is 0 Å². The summed E-state index contributed by atoms with van der Waals surface area (Å²) < 4.78 is 16.0. The molecule has 2 aromatic heterocycles. The first kappa shape index (κ1) is 13.7. The first-order valence-electron chi connectivity index (χ1n) is 5.04. The Bertz CT molecular complexity index is 684. The van der Waals surface area contributed by atoms with Gasteiger partial charge in [-0.05, 0) is 27.5 Å². The molecule has 0 aromatic carbocycles. The third-order valence-electron chi connectivity index (χ3n) is 2.20. The minimum Gasteiger partial charge on any atom is -0.355 e. The van der Waals surface area contributed by atoms with Crippen LogP contribution in [0.1, 0.15) is 10.4 Å². The average molecular weight is 347 g/mol. The van der Waals surface area contributed by atoms with Gasteiger partial charge in [0.15, 0.2) is 0 Å². The smallest absolute Gasteiger partial charge is 0.273 e. The second kappa shape index (κ2) is 5.49. The van der Waals surface area contributed by atoms with Gasteiger partial charge in [-0.25, -0.2) is 9.37 Å². The van der Waals surface area contributed by atoms with E-state index in [-0.39, 0.29) is 20.9 Å². The fourth-order valence-electron chi connectivity index (χ4n) is 1.32. The molecule has 1 amide bonds. The van der Waals surface area contributed by atoms with Gasteiger partial charge in [0.05, 0.1) is 4.47 Å². The van der Waals surface area contributed by atoms with Crippen molar-refractivity contribution in [2.75, 3.05) is 12.4 Å². The largest absolute Gasteiger partial charge is 0.355 e. The van der Waals surface area contributed by atoms with E-state index in [1.54, 1.807) is 0 Å². The van der Waals surface area contributed by atoms with Crippen LogP contribution in [-0.4, -0.2) is 22.3 Å². The molecule has 0 bridgehead atoms. The molecular formula is C10H8BrFN4O2S. The average Bonchev–Trinajstić information content (AvgIpc) is 2.74. The number of carbonyl (C=O) groups is 1. The van der Waals surface area contributed by atoms with E-state index in [0.29, 0.717) is 0 Å². The highest BCUT2D eigenvalue weighted by atomic mass is 79.9. The van der Waals surface area contributed by atoms with Crippen LogP contribution in [0, 0.1) is 5.82 Å². The topological polar surface area (TPSA) is 86.9 Å². The first-order chi connectivity index (χ1) is 9.02. The van der Waals surface area contributed by atoms with E-state index >= 15 is 0 Å². The minimum absolute atomic E-state index is 0.0578. The first-order valence-corrected chi connectivity index (χ1v) is 6.65. The van der Waals surface area contributed by atoms with Crippen LogP contribution < -0.4 is 16.2 Å². The summed E-state index contributed by atoms with van der Waals surface area (Å²) in [5.74, 6) is -0.828. The van der Waals surface area contributed by atoms with Crippen molar-refractivity contribution in [1.29, 1.82) is 0 Å². The number of nitrogens with zero attached hydrogens (tertiary/aromatic N) is 1. The summed E-state index contributed by atoms with van der Waals surface area (Å²) in [7, 11) is 1.42. The maximum atomic E-state index is 13.3. The number of pyridine rings is 1. The fourth-order valence-corrected chi connectivity index (χ4v) is 2.28. The summed E-state index contributed by atoms with van der Waals surface area (Å²) in [5, 5.41) is 5.37. The molecule has 0 atom stereocenters. The van der Waals surface area contributed by atoms with Crippen molar-refractivity contribution in [1.82, 2.24) is 14.7 Å². The number of H-pyrrole nitrogens is 1. The van der Waals surface area contributed by atoms with Gasteiger partial charge in [-0.2, -0.15) is 0 Å². The molecule has 0 aliphatic carbocycles. The Kier molecular flexibility index (Phi) is 3.96. The van der Waals surface area contributed by atoms with Crippen LogP contribution in [0.5, 0.6) is 0 Å². The molecule has 3 N–H and O–H groups in total. The van der Waals surface area contributed by atoms with Crippen LogP contribution in [0.3, 0.4) is 0 Å². The lowest BCUT2D eigenvalue weighted by atomic mass is 10.3. The highest BCUT2D eigenvalue weighted by molar-refractivity contribution is 9.10. The zero-order valence-corrected chi connectivity index (χ0v) is 12.0. The summed E-state index contributed by atoms with van der Waals surface area (Å²) in [6.45, 7) is 0. The quantitative estimate of drug-likeness (QED) is 0.791. The third kappa shape index (κ3) is 2.82. The molecule has 0 saturated heterocycles. The van der Waals surface area contributed by atoms with E-state index in [1.165, 1.54) is 13.2 Å². The van der Waals surface area contributed by atoms with Crippen molar-refractivity contribution < 1.29 is 9.18 Å². The molecule has 0 spiro atoms. The Morgan fingerprint density at radius 3 is 2.95 bits per heavy atom. The molecule has 2 aromatic rings. The van der Waals surface area contributed by atoms with Crippen molar-refractivity contribution in [2.24, 2.45) is 0 Å². The standard InChI is InChI=1S/C10H8BrFN4O2S/c1-13-8(17)7-9(18)16-19-10(7)15-6-2-5(12)4(11)3-14-6/h2-3H,1H3,(H,13,17)(H,14,15)(H,16,18). The van der Waals surface area contributed by atoms with Gasteiger partial charge in [-0.3, -0.25) is 14.0 Å². The molecule has 9 heteroatoms. The van der Waals surface area contributed by atoms with Gasteiger partial charge in [0.25, 0.3) is 11.5 Å². The van der Waals surface area contributed by atoms with Crippen molar-refractivity contribution in [3.8, 4) is 0 Å². The molecule has 100 valence electrons. The van der Waals surface area contributed by atoms with Gasteiger partial charge in [0.2, 0.25) is 0 Å². The predicted molar refractivity (Wildman–Crippen MR) is 73.5 cm³/mol. The zero-order valence-electron chi connectivity index (χ0n) is 9.58. The number of hydrogen-bond acceptors (Lipinski definition) is 5. The summed E-state index contributed by atoms with van der Waals surface area (Å²) >= 11 is 3.93. The van der Waals surface area contributed by atoms with E-state index in [0.717, 1.165) is 17.6 Å². The number of amides is 1. The van der Waals surface area contributed by atoms with E-state index < -0.39 is 17.3 Å². The molecule has 0 aliphatic heterocycles. The van der Waals surface area contributed by atoms with Crippen molar-refractivity contribution in [2.45, 2.75) is 0 Å². The van der Waals surface area contributed by atoms with Crippen LogP contribution >= 0.6 is 27.5 Å². The monoisotopic (exact) mass is 346 g/mol. The van der Waals surface area contributed by atoms with Gasteiger partial charge >= 0.3 is 0 Å². The van der Waals surface area contributed by atoms with Gasteiger partial charge in [0, 0.05) is 19.3 Å². The van der Waals surface area contributed by atoms with Crippen molar-refractivity contribution in [3.63, 3.8) is 0 Å². The number of aromatic nitrogens is 2. The van der Waals surface area contributed by atoms with Crippen molar-refractivity contribution in [3.05, 3.63) is 38.5 Å². The summed E-state index contributed by atoms with van der Waals surface area (Å²) in [5.41, 5.74) is -0.568. The number of anilines is 2. The molecule has 2 heterocycles. The highest BCUT2D eigenvalue weighted by Crippen LogP contribution is 2.23. The second-order valence-electron chi connectivity index (χ2n) is 3.43.